The molecule has 2 rings (SSSR count). The number of ether oxygens (including phenoxy) is 1. The summed E-state index contributed by atoms with van der Waals surface area (Å²) in [4.78, 5) is 27.9. The molecule has 0 bridgehead atoms. The van der Waals surface area contributed by atoms with Crippen molar-refractivity contribution in [3.8, 4) is 0 Å². The van der Waals surface area contributed by atoms with Crippen LogP contribution >= 0.6 is 15.9 Å². The molecule has 0 saturated carbocycles. The molecule has 1 aromatic heterocycles. The molecular formula is C13H17BrN2O3. The Bertz CT molecular complexity index is 527. The number of aromatic amines is 1. The number of alkyl halides is 1. The molecule has 0 aromatic carbocycles. The molecule has 1 fully saturated rings. The summed E-state index contributed by atoms with van der Waals surface area (Å²) in [5, 5.41) is 0.676. The molecule has 6 heteroatoms. The highest BCUT2D eigenvalue weighted by molar-refractivity contribution is 9.09. The monoisotopic (exact) mass is 328 g/mol. The molecule has 19 heavy (non-hydrogen) atoms. The molecule has 1 unspecified atom stereocenters. The highest BCUT2D eigenvalue weighted by Crippen LogP contribution is 2.23. The van der Waals surface area contributed by atoms with E-state index in [1.54, 1.807) is 11.0 Å². The lowest BCUT2D eigenvalue weighted by Crippen LogP contribution is -2.55. The van der Waals surface area contributed by atoms with Crippen LogP contribution in [0.4, 0.5) is 0 Å². The normalized spacial score (nSPS) is 22.3. The van der Waals surface area contributed by atoms with Gasteiger partial charge in [-0.3, -0.25) is 9.59 Å². The van der Waals surface area contributed by atoms with Gasteiger partial charge in [0, 0.05) is 36.2 Å². The van der Waals surface area contributed by atoms with Crippen molar-refractivity contribution >= 4 is 21.8 Å². The van der Waals surface area contributed by atoms with Crippen molar-refractivity contribution < 1.29 is 9.53 Å². The number of pyridine rings is 1. The molecular weight excluding hydrogens is 312 g/mol. The van der Waals surface area contributed by atoms with Gasteiger partial charge in [0.2, 0.25) is 5.56 Å². The zero-order chi connectivity index (χ0) is 14.0. The van der Waals surface area contributed by atoms with E-state index in [9.17, 15) is 9.59 Å². The van der Waals surface area contributed by atoms with Crippen LogP contribution in [0.2, 0.25) is 0 Å². The number of halogens is 1. The van der Waals surface area contributed by atoms with Crippen molar-refractivity contribution in [2.45, 2.75) is 25.6 Å². The highest BCUT2D eigenvalue weighted by atomic mass is 79.9. The number of carbonyl (C=O) groups is 1. The predicted octanol–water partition coefficient (Wildman–Crippen LogP) is 1.39. The van der Waals surface area contributed by atoms with Crippen molar-refractivity contribution in [3.05, 3.63) is 34.2 Å². The van der Waals surface area contributed by atoms with Gasteiger partial charge in [-0.2, -0.15) is 0 Å². The van der Waals surface area contributed by atoms with Crippen LogP contribution in [-0.4, -0.2) is 45.9 Å². The molecule has 104 valence electrons. The summed E-state index contributed by atoms with van der Waals surface area (Å²) >= 11 is 3.39. The maximum absolute atomic E-state index is 12.4. The van der Waals surface area contributed by atoms with Crippen LogP contribution < -0.4 is 5.56 Å². The average molecular weight is 329 g/mol. The van der Waals surface area contributed by atoms with E-state index >= 15 is 0 Å². The van der Waals surface area contributed by atoms with Crippen LogP contribution in [0.25, 0.3) is 0 Å². The van der Waals surface area contributed by atoms with Crippen molar-refractivity contribution in [3.63, 3.8) is 0 Å². The summed E-state index contributed by atoms with van der Waals surface area (Å²) in [6.45, 7) is 4.96. The van der Waals surface area contributed by atoms with E-state index < -0.39 is 0 Å². The minimum Gasteiger partial charge on any atom is -0.368 e. The molecule has 0 radical (unpaired) electrons. The fourth-order valence-corrected chi connectivity index (χ4v) is 2.63. The first-order chi connectivity index (χ1) is 8.91. The summed E-state index contributed by atoms with van der Waals surface area (Å²) < 4.78 is 5.85. The minimum atomic E-state index is -0.381. The van der Waals surface area contributed by atoms with Gasteiger partial charge >= 0.3 is 0 Å². The Labute approximate surface area is 120 Å². The third-order valence-corrected chi connectivity index (χ3v) is 3.68. The third kappa shape index (κ3) is 3.45. The second kappa shape index (κ2) is 5.46. The van der Waals surface area contributed by atoms with Crippen LogP contribution in [0.15, 0.2) is 23.1 Å². The molecule has 5 nitrogen and oxygen atoms in total. The molecule has 1 aliphatic heterocycles. The quantitative estimate of drug-likeness (QED) is 0.834. The van der Waals surface area contributed by atoms with Crippen LogP contribution in [0.1, 0.15) is 24.2 Å². The molecule has 1 N–H and O–H groups in total. The van der Waals surface area contributed by atoms with Crippen molar-refractivity contribution in [1.82, 2.24) is 9.88 Å². The Hall–Kier alpha value is -1.14. The Morgan fingerprint density at radius 1 is 1.63 bits per heavy atom. The Kier molecular flexibility index (Phi) is 4.10. The first kappa shape index (κ1) is 14.3. The first-order valence-corrected chi connectivity index (χ1v) is 7.25. The maximum atomic E-state index is 12.4. The molecule has 1 aliphatic rings. The number of nitrogens with one attached hydrogen (secondary N) is 1. The largest absolute Gasteiger partial charge is 0.368 e. The number of hydrogen-bond acceptors (Lipinski definition) is 3. The lowest BCUT2D eigenvalue weighted by atomic mass is 10.0. The van der Waals surface area contributed by atoms with Gasteiger partial charge in [-0.1, -0.05) is 15.9 Å². The lowest BCUT2D eigenvalue weighted by molar-refractivity contribution is -0.116. The van der Waals surface area contributed by atoms with Gasteiger partial charge < -0.3 is 14.6 Å². The summed E-state index contributed by atoms with van der Waals surface area (Å²) in [5.41, 5.74) is -0.238. The standard InChI is InChI=1S/C13H17BrN2O3/c1-13(2)8-16(7-10(6-14)19-13)12(18)9-3-4-15-11(17)5-9/h3-5,10H,6-8H2,1-2H3,(H,15,17). The van der Waals surface area contributed by atoms with E-state index in [0.717, 1.165) is 0 Å². The van der Waals surface area contributed by atoms with Gasteiger partial charge in [0.1, 0.15) is 0 Å². The van der Waals surface area contributed by atoms with Crippen molar-refractivity contribution in [2.24, 2.45) is 0 Å². The number of rotatable bonds is 2. The zero-order valence-electron chi connectivity index (χ0n) is 11.0. The number of H-pyrrole nitrogens is 1. The predicted molar refractivity (Wildman–Crippen MR) is 75.7 cm³/mol. The molecule has 1 atom stereocenters. The number of aromatic nitrogens is 1. The van der Waals surface area contributed by atoms with E-state index in [1.807, 2.05) is 13.8 Å². The topological polar surface area (TPSA) is 62.4 Å². The fraction of sp³-hybridized carbons (Fsp3) is 0.538. The van der Waals surface area contributed by atoms with Crippen LogP contribution in [-0.2, 0) is 4.74 Å². The van der Waals surface area contributed by atoms with E-state index in [4.69, 9.17) is 4.74 Å². The maximum Gasteiger partial charge on any atom is 0.254 e. The lowest BCUT2D eigenvalue weighted by Gasteiger charge is -2.42. The second-order valence-electron chi connectivity index (χ2n) is 5.28. The molecule has 0 aliphatic carbocycles. The van der Waals surface area contributed by atoms with Gasteiger partial charge in [-0.05, 0) is 19.9 Å². The first-order valence-electron chi connectivity index (χ1n) is 6.13. The van der Waals surface area contributed by atoms with Gasteiger partial charge in [0.15, 0.2) is 0 Å². The van der Waals surface area contributed by atoms with Crippen LogP contribution in [0, 0.1) is 0 Å². The Morgan fingerprint density at radius 2 is 2.37 bits per heavy atom. The van der Waals surface area contributed by atoms with E-state index in [1.165, 1.54) is 12.3 Å². The number of hydrogen-bond donors (Lipinski definition) is 1. The minimum absolute atomic E-state index is 0.0327. The highest BCUT2D eigenvalue weighted by Gasteiger charge is 2.35. The number of nitrogens with zero attached hydrogens (tertiary/aromatic N) is 1. The van der Waals surface area contributed by atoms with Crippen molar-refractivity contribution in [2.75, 3.05) is 18.4 Å². The summed E-state index contributed by atoms with van der Waals surface area (Å²) in [5.74, 6) is -0.131. The zero-order valence-corrected chi connectivity index (χ0v) is 12.6. The van der Waals surface area contributed by atoms with Gasteiger partial charge in [0.25, 0.3) is 5.91 Å². The SMILES string of the molecule is CC1(C)CN(C(=O)c2cc[nH]c(=O)c2)CC(CBr)O1. The summed E-state index contributed by atoms with van der Waals surface area (Å²) in [7, 11) is 0. The number of carbonyl (C=O) groups excluding carboxylic acids is 1. The van der Waals surface area contributed by atoms with Crippen LogP contribution in [0.3, 0.4) is 0 Å². The van der Waals surface area contributed by atoms with E-state index in [2.05, 4.69) is 20.9 Å². The smallest absolute Gasteiger partial charge is 0.254 e. The number of amides is 1. The van der Waals surface area contributed by atoms with Gasteiger partial charge in [0.05, 0.1) is 11.7 Å². The second-order valence-corrected chi connectivity index (χ2v) is 5.93. The summed E-state index contributed by atoms with van der Waals surface area (Å²) in [6, 6.07) is 2.95. The Balaban J connectivity index is 2.21. The molecule has 1 aromatic rings. The number of morpholine rings is 1. The fourth-order valence-electron chi connectivity index (χ4n) is 2.29. The van der Waals surface area contributed by atoms with E-state index in [0.29, 0.717) is 24.0 Å². The van der Waals surface area contributed by atoms with E-state index in [-0.39, 0.29) is 23.2 Å². The molecule has 1 amide bonds. The molecule has 2 heterocycles. The Morgan fingerprint density at radius 3 is 3.00 bits per heavy atom. The van der Waals surface area contributed by atoms with Crippen LogP contribution in [0.5, 0.6) is 0 Å². The van der Waals surface area contributed by atoms with Crippen molar-refractivity contribution in [1.29, 1.82) is 0 Å². The molecule has 0 spiro atoms. The summed E-state index contributed by atoms with van der Waals surface area (Å²) in [6.07, 6.45) is 1.46. The third-order valence-electron chi connectivity index (χ3n) is 2.96. The van der Waals surface area contributed by atoms with Gasteiger partial charge in [-0.25, -0.2) is 0 Å². The van der Waals surface area contributed by atoms with Gasteiger partial charge in [-0.15, -0.1) is 0 Å². The average Bonchev–Trinajstić information content (AvgIpc) is 2.36. The molecule has 1 saturated heterocycles.